The second-order valence-electron chi connectivity index (χ2n) is 5.75. The Balaban J connectivity index is 1.78. The van der Waals surface area contributed by atoms with Gasteiger partial charge in [0.2, 0.25) is 0 Å². The van der Waals surface area contributed by atoms with Gasteiger partial charge in [0.05, 0.1) is 5.56 Å². The highest BCUT2D eigenvalue weighted by Crippen LogP contribution is 2.26. The van der Waals surface area contributed by atoms with E-state index in [2.05, 4.69) is 20.0 Å². The topological polar surface area (TPSA) is 106 Å². The lowest BCUT2D eigenvalue weighted by molar-refractivity contribution is 0.102. The maximum Gasteiger partial charge on any atom is 0.195 e. The molecule has 2 N–H and O–H groups in total. The van der Waals surface area contributed by atoms with Gasteiger partial charge < -0.3 is 9.87 Å². The van der Waals surface area contributed by atoms with Crippen LogP contribution in [0, 0.1) is 11.6 Å². The molecule has 0 radical (unpaired) electrons. The minimum atomic E-state index is -2.38. The molecule has 2 aliphatic heterocycles. The molecular formula is C16H15F2N4O3S-. The number of benzene rings is 1. The van der Waals surface area contributed by atoms with Crippen molar-refractivity contribution in [3.8, 4) is 0 Å². The van der Waals surface area contributed by atoms with Crippen LogP contribution in [0.5, 0.6) is 0 Å². The van der Waals surface area contributed by atoms with Gasteiger partial charge in [0.15, 0.2) is 17.4 Å². The van der Waals surface area contributed by atoms with Crippen molar-refractivity contribution in [1.82, 2.24) is 10.0 Å². The van der Waals surface area contributed by atoms with Gasteiger partial charge in [-0.05, 0) is 30.5 Å². The van der Waals surface area contributed by atoms with Gasteiger partial charge in [-0.2, -0.15) is 0 Å². The molecule has 1 aromatic carbocycles. The summed E-state index contributed by atoms with van der Waals surface area (Å²) >= 11 is -2.38. The maximum atomic E-state index is 14.2. The van der Waals surface area contributed by atoms with Gasteiger partial charge in [-0.15, -0.1) is 0 Å². The number of aliphatic imine (C=N–C) groups is 2. The summed E-state index contributed by atoms with van der Waals surface area (Å²) in [7, 11) is 0. The molecule has 26 heavy (non-hydrogen) atoms. The molecule has 7 nitrogen and oxygen atoms in total. The third-order valence-corrected chi connectivity index (χ3v) is 4.48. The fraction of sp³-hybridized carbons (Fsp3) is 0.312. The van der Waals surface area contributed by atoms with Crippen LogP contribution in [0.1, 0.15) is 22.3 Å². The van der Waals surface area contributed by atoms with Crippen LogP contribution in [0.25, 0.3) is 0 Å². The van der Waals surface area contributed by atoms with Crippen molar-refractivity contribution in [2.24, 2.45) is 9.98 Å². The Morgan fingerprint density at radius 2 is 2.08 bits per heavy atom. The molecule has 2 aliphatic rings. The van der Waals surface area contributed by atoms with Crippen LogP contribution in [0.4, 0.5) is 8.78 Å². The Morgan fingerprint density at radius 1 is 1.31 bits per heavy atom. The Hall–Kier alpha value is -2.30. The van der Waals surface area contributed by atoms with E-state index in [1.165, 1.54) is 24.7 Å². The second-order valence-corrected chi connectivity index (χ2v) is 6.51. The lowest BCUT2D eigenvalue weighted by Crippen LogP contribution is -2.32. The molecule has 10 heteroatoms. The molecule has 3 atom stereocenters. The lowest BCUT2D eigenvalue weighted by atomic mass is 9.95. The van der Waals surface area contributed by atoms with Crippen LogP contribution in [0.3, 0.4) is 0 Å². The number of fused-ring (bicyclic) bond motifs is 1. The van der Waals surface area contributed by atoms with Crippen molar-refractivity contribution < 1.29 is 22.3 Å². The van der Waals surface area contributed by atoms with Crippen LogP contribution in [-0.2, 0) is 17.7 Å². The number of nitrogens with one attached hydrogen (secondary N) is 2. The van der Waals surface area contributed by atoms with Gasteiger partial charge in [0.1, 0.15) is 12.2 Å². The van der Waals surface area contributed by atoms with Gasteiger partial charge in [0.25, 0.3) is 0 Å². The number of aryl methyl sites for hydroxylation is 1. The van der Waals surface area contributed by atoms with E-state index in [-0.39, 0.29) is 24.1 Å². The fourth-order valence-corrected chi connectivity index (χ4v) is 3.14. The first-order chi connectivity index (χ1) is 12.5. The molecule has 0 aliphatic carbocycles. The SMILES string of the molecule is O=C(C1=CNC2N=CC=NC12)c1cc(CCCNS(=O)[O-])cc(F)c1F. The summed E-state index contributed by atoms with van der Waals surface area (Å²) in [5.74, 6) is -3.00. The zero-order chi connectivity index (χ0) is 18.7. The molecule has 138 valence electrons. The summed E-state index contributed by atoms with van der Waals surface area (Å²) in [6, 6.07) is 1.72. The lowest BCUT2D eigenvalue weighted by Gasteiger charge is -2.17. The van der Waals surface area contributed by atoms with E-state index in [4.69, 9.17) is 0 Å². The van der Waals surface area contributed by atoms with E-state index in [0.29, 0.717) is 12.0 Å². The number of rotatable bonds is 7. The number of Topliss-reactive ketones (excluding diaryl/α,β-unsaturated/α-hetero) is 1. The summed E-state index contributed by atoms with van der Waals surface area (Å²) < 4.78 is 51.1. The van der Waals surface area contributed by atoms with Crippen LogP contribution in [-0.4, -0.2) is 45.7 Å². The number of halogens is 2. The summed E-state index contributed by atoms with van der Waals surface area (Å²) in [6.07, 6.45) is 4.62. The molecule has 0 fully saturated rings. The predicted molar refractivity (Wildman–Crippen MR) is 91.7 cm³/mol. The molecule has 0 spiro atoms. The average molecular weight is 381 g/mol. The van der Waals surface area contributed by atoms with Crippen molar-refractivity contribution in [3.05, 3.63) is 46.7 Å². The fourth-order valence-electron chi connectivity index (χ4n) is 2.83. The Kier molecular flexibility index (Phi) is 5.64. The Labute approximate surface area is 150 Å². The molecule has 3 rings (SSSR count). The monoisotopic (exact) mass is 381 g/mol. The Bertz CT molecular complexity index is 841. The van der Waals surface area contributed by atoms with Gasteiger partial charge in [-0.3, -0.25) is 19.0 Å². The molecule has 0 saturated carbocycles. The Morgan fingerprint density at radius 3 is 2.85 bits per heavy atom. The van der Waals surface area contributed by atoms with Crippen molar-refractivity contribution in [1.29, 1.82) is 0 Å². The molecular weight excluding hydrogens is 366 g/mol. The summed E-state index contributed by atoms with van der Waals surface area (Å²) in [5, 5.41) is 2.88. The van der Waals surface area contributed by atoms with E-state index in [1.807, 2.05) is 0 Å². The quantitative estimate of drug-likeness (QED) is 0.414. The third kappa shape index (κ3) is 3.92. The van der Waals surface area contributed by atoms with Crippen LogP contribution in [0.15, 0.2) is 33.9 Å². The van der Waals surface area contributed by atoms with Gasteiger partial charge in [-0.1, -0.05) is 0 Å². The van der Waals surface area contributed by atoms with Crippen molar-refractivity contribution in [2.75, 3.05) is 6.54 Å². The predicted octanol–water partition coefficient (Wildman–Crippen LogP) is 0.801. The zero-order valence-corrected chi connectivity index (χ0v) is 14.3. The summed E-state index contributed by atoms with van der Waals surface area (Å²) in [4.78, 5) is 21.0. The molecule has 0 bridgehead atoms. The first-order valence-corrected chi connectivity index (χ1v) is 8.91. The van der Waals surface area contributed by atoms with Gasteiger partial charge >= 0.3 is 0 Å². The van der Waals surface area contributed by atoms with Gasteiger partial charge in [-0.25, -0.2) is 13.5 Å². The highest BCUT2D eigenvalue weighted by atomic mass is 32.2. The number of carbonyl (C=O) groups excluding carboxylic acids is 1. The first kappa shape index (κ1) is 18.5. The van der Waals surface area contributed by atoms with E-state index < -0.39 is 40.9 Å². The van der Waals surface area contributed by atoms with Crippen LogP contribution >= 0.6 is 0 Å². The minimum Gasteiger partial charge on any atom is -0.760 e. The number of hydrogen-bond donors (Lipinski definition) is 2. The highest BCUT2D eigenvalue weighted by molar-refractivity contribution is 7.77. The second kappa shape index (κ2) is 7.94. The van der Waals surface area contributed by atoms with Gasteiger partial charge in [0, 0.05) is 42.0 Å². The summed E-state index contributed by atoms with van der Waals surface area (Å²) in [6.45, 7) is 0.157. The molecule has 0 aromatic heterocycles. The molecule has 1 aromatic rings. The molecule has 0 saturated heterocycles. The number of nitrogens with zero attached hydrogens (tertiary/aromatic N) is 2. The van der Waals surface area contributed by atoms with E-state index in [0.717, 1.165) is 6.07 Å². The molecule has 0 amide bonds. The van der Waals surface area contributed by atoms with Crippen molar-refractivity contribution in [2.45, 2.75) is 25.0 Å². The smallest absolute Gasteiger partial charge is 0.195 e. The molecule has 3 unspecified atom stereocenters. The van der Waals surface area contributed by atoms with Crippen LogP contribution in [0.2, 0.25) is 0 Å². The average Bonchev–Trinajstić information content (AvgIpc) is 3.05. The summed E-state index contributed by atoms with van der Waals surface area (Å²) in [5.41, 5.74) is 0.236. The first-order valence-electron chi connectivity index (χ1n) is 7.84. The standard InChI is InChI=1S/C16H16F2N4O3S/c17-12-7-9(2-1-3-22-26(24)25)6-10(13(12)18)15(23)11-8-21-16-14(11)19-4-5-20-16/h4-8,14,16,21-22H,1-3H2,(H,24,25)/p-1. The van der Waals surface area contributed by atoms with E-state index in [1.54, 1.807) is 0 Å². The minimum absolute atomic E-state index is 0.157. The molecule has 2 heterocycles. The van der Waals surface area contributed by atoms with E-state index in [9.17, 15) is 22.3 Å². The maximum absolute atomic E-state index is 14.2. The number of ketones is 1. The highest BCUT2D eigenvalue weighted by Gasteiger charge is 2.35. The van der Waals surface area contributed by atoms with Crippen LogP contribution < -0.4 is 10.0 Å². The third-order valence-electron chi connectivity index (χ3n) is 4.04. The van der Waals surface area contributed by atoms with E-state index >= 15 is 0 Å². The van der Waals surface area contributed by atoms with Crippen molar-refractivity contribution >= 4 is 29.5 Å². The number of carbonyl (C=O) groups is 1. The largest absolute Gasteiger partial charge is 0.760 e. The number of hydrogen-bond acceptors (Lipinski definition) is 6. The normalized spacial score (nSPS) is 21.9. The van der Waals surface area contributed by atoms with Crippen molar-refractivity contribution in [3.63, 3.8) is 0 Å². The zero-order valence-electron chi connectivity index (χ0n) is 13.4.